The van der Waals surface area contributed by atoms with Crippen LogP contribution in [0.2, 0.25) is 0 Å². The highest BCUT2D eigenvalue weighted by Gasteiger charge is 2.68. The van der Waals surface area contributed by atoms with E-state index < -0.39 is 23.7 Å². The molecule has 0 aliphatic carbocycles. The van der Waals surface area contributed by atoms with Gasteiger partial charge in [0.05, 0.1) is 24.8 Å². The van der Waals surface area contributed by atoms with Crippen molar-refractivity contribution in [1.29, 1.82) is 0 Å². The zero-order chi connectivity index (χ0) is 27.1. The number of alkyl halides is 3. The number of para-hydroxylation sites is 1. The van der Waals surface area contributed by atoms with E-state index in [1.54, 1.807) is 36.4 Å². The Morgan fingerprint density at radius 3 is 2.61 bits per heavy atom. The number of anilines is 2. The summed E-state index contributed by atoms with van der Waals surface area (Å²) in [6.45, 7) is 0.758. The SMILES string of the molecule is COCCNc1nc(C(=O)NC2(C(F)(F)F)C(=O)Nc3nc4c(-c5ccc(OC)cc5)cccc4n32)cs1. The number of aromatic nitrogens is 3. The van der Waals surface area contributed by atoms with E-state index in [2.05, 4.69) is 20.6 Å². The van der Waals surface area contributed by atoms with Crippen LogP contribution in [0.15, 0.2) is 47.8 Å². The van der Waals surface area contributed by atoms with Crippen LogP contribution in [0.25, 0.3) is 22.2 Å². The normalized spacial score (nSPS) is 16.8. The van der Waals surface area contributed by atoms with Gasteiger partial charge in [-0.1, -0.05) is 24.3 Å². The van der Waals surface area contributed by atoms with Crippen molar-refractivity contribution in [3.05, 3.63) is 53.5 Å². The van der Waals surface area contributed by atoms with Gasteiger partial charge in [0.15, 0.2) is 5.13 Å². The Labute approximate surface area is 217 Å². The van der Waals surface area contributed by atoms with Crippen LogP contribution in [-0.2, 0) is 15.2 Å². The maximum atomic E-state index is 14.8. The molecule has 5 rings (SSSR count). The molecule has 38 heavy (non-hydrogen) atoms. The van der Waals surface area contributed by atoms with Crippen LogP contribution in [0.3, 0.4) is 0 Å². The highest BCUT2D eigenvalue weighted by Crippen LogP contribution is 2.45. The van der Waals surface area contributed by atoms with Crippen LogP contribution in [0.5, 0.6) is 5.75 Å². The van der Waals surface area contributed by atoms with Crippen molar-refractivity contribution >= 4 is 45.3 Å². The molecule has 2 amide bonds. The van der Waals surface area contributed by atoms with E-state index in [1.807, 2.05) is 5.32 Å². The first-order valence-corrected chi connectivity index (χ1v) is 12.1. The molecule has 2 aromatic carbocycles. The van der Waals surface area contributed by atoms with Crippen molar-refractivity contribution < 1.29 is 32.2 Å². The molecule has 4 aromatic rings. The van der Waals surface area contributed by atoms with E-state index in [1.165, 1.54) is 25.7 Å². The Bertz CT molecular complexity index is 1520. The van der Waals surface area contributed by atoms with Crippen LogP contribution in [-0.4, -0.2) is 59.9 Å². The molecule has 14 heteroatoms. The van der Waals surface area contributed by atoms with Crippen molar-refractivity contribution in [2.45, 2.75) is 11.8 Å². The topological polar surface area (TPSA) is 119 Å². The number of carbonyl (C=O) groups excluding carboxylic acids is 2. The van der Waals surface area contributed by atoms with Gasteiger partial charge in [0.2, 0.25) is 5.95 Å². The second-order valence-electron chi connectivity index (χ2n) is 8.25. The number of fused-ring (bicyclic) bond motifs is 3. The Hall–Kier alpha value is -4.17. The monoisotopic (exact) mass is 546 g/mol. The second kappa shape index (κ2) is 9.61. The number of thiazole rings is 1. The summed E-state index contributed by atoms with van der Waals surface area (Å²) in [5.74, 6) is -2.39. The zero-order valence-electron chi connectivity index (χ0n) is 20.0. The van der Waals surface area contributed by atoms with Gasteiger partial charge in [-0.15, -0.1) is 11.3 Å². The molecular weight excluding hydrogens is 525 g/mol. The number of hydrogen-bond donors (Lipinski definition) is 3. The summed E-state index contributed by atoms with van der Waals surface area (Å²) in [5, 5.41) is 8.63. The van der Waals surface area contributed by atoms with E-state index in [9.17, 15) is 22.8 Å². The van der Waals surface area contributed by atoms with Crippen molar-refractivity contribution in [3.63, 3.8) is 0 Å². The molecule has 0 saturated carbocycles. The number of imidazole rings is 1. The quantitative estimate of drug-likeness (QED) is 0.288. The standard InChI is InChI=1S/C24H21F3N6O4S/c1-36-11-10-28-22-29-16(12-38-22)19(34)32-23(24(25,26)27)20(35)31-21-30-18-15(4-3-5-17(18)33(21)23)13-6-8-14(37-2)9-7-13/h3-9,12H,10-11H2,1-2H3,(H,28,29)(H,32,34)(H,30,31,35). The molecule has 1 aliphatic heterocycles. The number of carbonyl (C=O) groups is 2. The fraction of sp³-hybridized carbons (Fsp3) is 0.250. The zero-order valence-corrected chi connectivity index (χ0v) is 20.9. The number of nitrogens with zero attached hydrogens (tertiary/aromatic N) is 3. The van der Waals surface area contributed by atoms with E-state index in [-0.39, 0.29) is 22.7 Å². The fourth-order valence-electron chi connectivity index (χ4n) is 4.21. The van der Waals surface area contributed by atoms with Gasteiger partial charge in [0.25, 0.3) is 17.5 Å². The first kappa shape index (κ1) is 25.5. The fourth-order valence-corrected chi connectivity index (χ4v) is 4.93. The van der Waals surface area contributed by atoms with Gasteiger partial charge in [-0.05, 0) is 23.8 Å². The number of halogens is 3. The lowest BCUT2D eigenvalue weighted by molar-refractivity contribution is -0.213. The Balaban J connectivity index is 1.57. The molecule has 198 valence electrons. The number of rotatable bonds is 8. The van der Waals surface area contributed by atoms with Gasteiger partial charge in [-0.2, -0.15) is 13.2 Å². The second-order valence-corrected chi connectivity index (χ2v) is 9.10. The average Bonchev–Trinajstić information content (AvgIpc) is 3.58. The third-order valence-electron chi connectivity index (χ3n) is 6.00. The minimum atomic E-state index is -5.22. The smallest absolute Gasteiger partial charge is 0.440 e. The molecule has 3 heterocycles. The Kier molecular flexibility index (Phi) is 6.44. The third kappa shape index (κ3) is 4.11. The molecule has 0 spiro atoms. The Morgan fingerprint density at radius 1 is 1.16 bits per heavy atom. The van der Waals surface area contributed by atoms with Crippen LogP contribution in [0.4, 0.5) is 24.3 Å². The third-order valence-corrected chi connectivity index (χ3v) is 6.80. The summed E-state index contributed by atoms with van der Waals surface area (Å²) in [4.78, 5) is 34.3. The van der Waals surface area contributed by atoms with Crippen LogP contribution >= 0.6 is 11.3 Å². The number of methoxy groups -OCH3 is 2. The van der Waals surface area contributed by atoms with Gasteiger partial charge >= 0.3 is 6.18 Å². The average molecular weight is 547 g/mol. The minimum absolute atomic E-state index is 0.00416. The predicted molar refractivity (Wildman–Crippen MR) is 134 cm³/mol. The molecular formula is C24H21F3N6O4S. The predicted octanol–water partition coefficient (Wildman–Crippen LogP) is 3.82. The van der Waals surface area contributed by atoms with Gasteiger partial charge in [0.1, 0.15) is 11.4 Å². The van der Waals surface area contributed by atoms with Crippen molar-refractivity contribution in [2.24, 2.45) is 0 Å². The van der Waals surface area contributed by atoms with E-state index in [0.717, 1.165) is 11.3 Å². The highest BCUT2D eigenvalue weighted by atomic mass is 32.1. The highest BCUT2D eigenvalue weighted by molar-refractivity contribution is 7.13. The number of nitrogens with one attached hydrogen (secondary N) is 3. The lowest BCUT2D eigenvalue weighted by Crippen LogP contribution is -2.63. The molecule has 1 aliphatic rings. The number of amides is 2. The molecule has 10 nitrogen and oxygen atoms in total. The molecule has 3 N–H and O–H groups in total. The van der Waals surface area contributed by atoms with Crippen LogP contribution < -0.4 is 20.7 Å². The summed E-state index contributed by atoms with van der Waals surface area (Å²) < 4.78 is 55.1. The molecule has 2 aromatic heterocycles. The lowest BCUT2D eigenvalue weighted by Gasteiger charge is -2.31. The number of hydrogen-bond acceptors (Lipinski definition) is 8. The van der Waals surface area contributed by atoms with Crippen LogP contribution in [0.1, 0.15) is 10.5 Å². The maximum absolute atomic E-state index is 14.8. The van der Waals surface area contributed by atoms with Crippen LogP contribution in [0, 0.1) is 0 Å². The minimum Gasteiger partial charge on any atom is -0.497 e. The largest absolute Gasteiger partial charge is 0.497 e. The molecule has 0 fully saturated rings. The van der Waals surface area contributed by atoms with Crippen molar-refractivity contribution in [3.8, 4) is 16.9 Å². The summed E-state index contributed by atoms with van der Waals surface area (Å²) >= 11 is 1.04. The molecule has 0 radical (unpaired) electrons. The lowest BCUT2D eigenvalue weighted by atomic mass is 10.0. The summed E-state index contributed by atoms with van der Waals surface area (Å²) in [6, 6.07) is 11.6. The van der Waals surface area contributed by atoms with E-state index in [4.69, 9.17) is 9.47 Å². The number of benzene rings is 2. The first-order chi connectivity index (χ1) is 18.2. The molecule has 0 saturated heterocycles. The van der Waals surface area contributed by atoms with Gasteiger partial charge in [0, 0.05) is 24.6 Å². The summed E-state index contributed by atoms with van der Waals surface area (Å²) in [7, 11) is 3.04. The van der Waals surface area contributed by atoms with Gasteiger partial charge < -0.3 is 20.1 Å². The summed E-state index contributed by atoms with van der Waals surface area (Å²) in [6.07, 6.45) is -5.22. The molecule has 0 bridgehead atoms. The van der Waals surface area contributed by atoms with Gasteiger partial charge in [-0.3, -0.25) is 19.5 Å². The maximum Gasteiger partial charge on any atom is 0.440 e. The van der Waals surface area contributed by atoms with Crippen molar-refractivity contribution in [1.82, 2.24) is 19.9 Å². The first-order valence-electron chi connectivity index (χ1n) is 11.2. The number of ether oxygens (including phenoxy) is 2. The van der Waals surface area contributed by atoms with E-state index in [0.29, 0.717) is 39.7 Å². The van der Waals surface area contributed by atoms with E-state index >= 15 is 0 Å². The van der Waals surface area contributed by atoms with Gasteiger partial charge in [-0.25, -0.2) is 9.97 Å². The Morgan fingerprint density at radius 2 is 1.92 bits per heavy atom. The van der Waals surface area contributed by atoms with Crippen molar-refractivity contribution in [2.75, 3.05) is 38.0 Å². The molecule has 1 atom stereocenters. The summed E-state index contributed by atoms with van der Waals surface area (Å²) in [5.41, 5.74) is -2.28. The molecule has 1 unspecified atom stereocenters.